The van der Waals surface area contributed by atoms with Crippen LogP contribution in [-0.2, 0) is 6.54 Å². The molecule has 19 heavy (non-hydrogen) atoms. The minimum atomic E-state index is -0.255. The number of thiocarbonyl (C=S) groups is 1. The van der Waals surface area contributed by atoms with Gasteiger partial charge in [-0.25, -0.2) is 4.39 Å². The average Bonchev–Trinajstić information content (AvgIpc) is 2.41. The Morgan fingerprint density at radius 2 is 2.00 bits per heavy atom. The van der Waals surface area contributed by atoms with E-state index in [4.69, 9.17) is 18.0 Å². The van der Waals surface area contributed by atoms with Crippen LogP contribution in [-0.4, -0.2) is 22.2 Å². The second-order valence-electron chi connectivity index (χ2n) is 4.12. The van der Waals surface area contributed by atoms with Crippen LogP contribution in [0.3, 0.4) is 0 Å². The molecule has 6 heteroatoms. The molecule has 2 rings (SSSR count). The maximum absolute atomic E-state index is 12.8. The van der Waals surface area contributed by atoms with Crippen molar-refractivity contribution in [3.05, 3.63) is 53.5 Å². The van der Waals surface area contributed by atoms with Crippen molar-refractivity contribution in [2.24, 2.45) is 5.73 Å². The lowest BCUT2D eigenvalue weighted by Gasteiger charge is -2.20. The van der Waals surface area contributed by atoms with Gasteiger partial charge in [0.2, 0.25) is 0 Å². The second kappa shape index (κ2) is 5.71. The number of benzene rings is 1. The van der Waals surface area contributed by atoms with E-state index in [0.717, 1.165) is 5.56 Å². The minimum Gasteiger partial charge on any atom is -0.389 e. The normalized spacial score (nSPS) is 10.2. The average molecular weight is 276 g/mol. The Bertz CT molecular complexity index is 585. The van der Waals surface area contributed by atoms with Crippen molar-refractivity contribution in [2.75, 3.05) is 11.9 Å². The molecule has 0 fully saturated rings. The molecule has 0 saturated carbocycles. The van der Waals surface area contributed by atoms with Gasteiger partial charge in [0.25, 0.3) is 0 Å². The Morgan fingerprint density at radius 1 is 1.32 bits per heavy atom. The number of rotatable bonds is 4. The fraction of sp³-hybridized carbons (Fsp3) is 0.154. The van der Waals surface area contributed by atoms with Gasteiger partial charge in [-0.05, 0) is 23.8 Å². The number of halogens is 1. The maximum Gasteiger partial charge on any atom is 0.161 e. The highest BCUT2D eigenvalue weighted by molar-refractivity contribution is 7.80. The predicted octanol–water partition coefficient (Wildman–Crippen LogP) is 1.89. The molecule has 1 heterocycles. The van der Waals surface area contributed by atoms with E-state index in [9.17, 15) is 4.39 Å². The highest BCUT2D eigenvalue weighted by Gasteiger charge is 2.11. The van der Waals surface area contributed by atoms with E-state index in [2.05, 4.69) is 10.2 Å². The molecule has 4 nitrogen and oxygen atoms in total. The molecule has 0 aliphatic heterocycles. The van der Waals surface area contributed by atoms with Crippen LogP contribution in [0, 0.1) is 5.82 Å². The van der Waals surface area contributed by atoms with Crippen molar-refractivity contribution in [3.8, 4) is 0 Å². The van der Waals surface area contributed by atoms with Gasteiger partial charge >= 0.3 is 0 Å². The zero-order valence-electron chi connectivity index (χ0n) is 10.4. The molecule has 0 saturated heterocycles. The van der Waals surface area contributed by atoms with E-state index >= 15 is 0 Å². The lowest BCUT2D eigenvalue weighted by Crippen LogP contribution is -2.23. The van der Waals surface area contributed by atoms with Crippen LogP contribution in [0.4, 0.5) is 10.2 Å². The molecule has 0 unspecified atom stereocenters. The van der Waals surface area contributed by atoms with E-state index in [1.165, 1.54) is 12.1 Å². The van der Waals surface area contributed by atoms with Crippen LogP contribution in [0.5, 0.6) is 0 Å². The zero-order valence-corrected chi connectivity index (χ0v) is 11.2. The topological polar surface area (TPSA) is 55.0 Å². The molecule has 0 amide bonds. The molecular formula is C13H13FN4S. The van der Waals surface area contributed by atoms with Gasteiger partial charge in [0.05, 0.1) is 11.8 Å². The third-order valence-electron chi connectivity index (χ3n) is 2.66. The molecule has 1 aromatic carbocycles. The molecule has 2 N–H and O–H groups in total. The lowest BCUT2D eigenvalue weighted by atomic mass is 10.2. The highest BCUT2D eigenvalue weighted by Crippen LogP contribution is 2.17. The summed E-state index contributed by atoms with van der Waals surface area (Å²) < 4.78 is 12.8. The van der Waals surface area contributed by atoms with Crippen molar-refractivity contribution in [1.29, 1.82) is 0 Å². The summed E-state index contributed by atoms with van der Waals surface area (Å²) in [6.07, 6.45) is 1.55. The summed E-state index contributed by atoms with van der Waals surface area (Å²) >= 11 is 4.98. The van der Waals surface area contributed by atoms with E-state index in [1.54, 1.807) is 24.4 Å². The summed E-state index contributed by atoms with van der Waals surface area (Å²) in [6.45, 7) is 0.564. The van der Waals surface area contributed by atoms with Gasteiger partial charge in [-0.2, -0.15) is 5.10 Å². The van der Waals surface area contributed by atoms with Gasteiger partial charge in [0.15, 0.2) is 5.82 Å². The molecule has 0 bridgehead atoms. The van der Waals surface area contributed by atoms with Gasteiger partial charge in [-0.15, -0.1) is 5.10 Å². The fourth-order valence-corrected chi connectivity index (χ4v) is 1.90. The number of aromatic nitrogens is 2. The zero-order chi connectivity index (χ0) is 13.8. The number of nitrogens with zero attached hydrogens (tertiary/aromatic N) is 3. The third-order valence-corrected chi connectivity index (χ3v) is 2.88. The summed E-state index contributed by atoms with van der Waals surface area (Å²) in [7, 11) is 1.86. The lowest BCUT2D eigenvalue weighted by molar-refractivity contribution is 0.627. The van der Waals surface area contributed by atoms with Crippen molar-refractivity contribution in [3.63, 3.8) is 0 Å². The quantitative estimate of drug-likeness (QED) is 0.864. The Hall–Kier alpha value is -2.08. The molecule has 2 aromatic rings. The first-order valence-corrected chi connectivity index (χ1v) is 6.06. The number of anilines is 1. The fourth-order valence-electron chi connectivity index (χ4n) is 1.74. The van der Waals surface area contributed by atoms with Crippen LogP contribution >= 0.6 is 12.2 Å². The first-order valence-electron chi connectivity index (χ1n) is 5.65. The van der Waals surface area contributed by atoms with Crippen molar-refractivity contribution in [2.45, 2.75) is 6.54 Å². The maximum atomic E-state index is 12.8. The van der Waals surface area contributed by atoms with Gasteiger partial charge < -0.3 is 10.6 Å². The van der Waals surface area contributed by atoms with Crippen LogP contribution < -0.4 is 10.6 Å². The molecule has 98 valence electrons. The van der Waals surface area contributed by atoms with E-state index in [0.29, 0.717) is 17.9 Å². The summed E-state index contributed by atoms with van der Waals surface area (Å²) in [5, 5.41) is 7.89. The van der Waals surface area contributed by atoms with Gasteiger partial charge in [0.1, 0.15) is 10.8 Å². The summed E-state index contributed by atoms with van der Waals surface area (Å²) in [4.78, 5) is 2.14. The van der Waals surface area contributed by atoms with E-state index in [1.807, 2.05) is 11.9 Å². The first kappa shape index (κ1) is 13.4. The number of hydrogen-bond acceptors (Lipinski definition) is 4. The summed E-state index contributed by atoms with van der Waals surface area (Å²) in [6, 6.07) is 8.03. The van der Waals surface area contributed by atoms with Crippen molar-refractivity contribution >= 4 is 23.0 Å². The largest absolute Gasteiger partial charge is 0.389 e. The molecule has 0 atom stereocenters. The van der Waals surface area contributed by atoms with Gasteiger partial charge in [-0.1, -0.05) is 24.4 Å². The first-order chi connectivity index (χ1) is 9.08. The van der Waals surface area contributed by atoms with Gasteiger partial charge in [-0.3, -0.25) is 0 Å². The summed E-state index contributed by atoms with van der Waals surface area (Å²) in [5.41, 5.74) is 7.29. The third kappa shape index (κ3) is 3.23. The Balaban J connectivity index is 2.22. The SMILES string of the molecule is CN(Cc1ccc(F)cc1)c1nnccc1C(N)=S. The smallest absolute Gasteiger partial charge is 0.161 e. The Labute approximate surface area is 116 Å². The number of nitrogens with two attached hydrogens (primary N) is 1. The molecular weight excluding hydrogens is 263 g/mol. The molecule has 0 radical (unpaired) electrons. The van der Waals surface area contributed by atoms with Crippen LogP contribution in [0.2, 0.25) is 0 Å². The van der Waals surface area contributed by atoms with Crippen LogP contribution in [0.1, 0.15) is 11.1 Å². The predicted molar refractivity (Wildman–Crippen MR) is 76.4 cm³/mol. The Kier molecular flexibility index (Phi) is 4.01. The van der Waals surface area contributed by atoms with E-state index in [-0.39, 0.29) is 10.8 Å². The minimum absolute atomic E-state index is 0.255. The Morgan fingerprint density at radius 3 is 2.63 bits per heavy atom. The molecule has 0 aliphatic carbocycles. The van der Waals surface area contributed by atoms with Crippen molar-refractivity contribution < 1.29 is 4.39 Å². The standard InChI is InChI=1S/C13H13FN4S/c1-18(8-9-2-4-10(14)5-3-9)13-11(12(15)19)6-7-16-17-13/h2-7H,8H2,1H3,(H2,15,19). The van der Waals surface area contributed by atoms with Crippen LogP contribution in [0.15, 0.2) is 36.5 Å². The molecule has 0 spiro atoms. The van der Waals surface area contributed by atoms with Crippen LogP contribution in [0.25, 0.3) is 0 Å². The van der Waals surface area contributed by atoms with Gasteiger partial charge in [0, 0.05) is 13.6 Å². The summed E-state index contributed by atoms with van der Waals surface area (Å²) in [5.74, 6) is 0.356. The molecule has 0 aliphatic rings. The monoisotopic (exact) mass is 276 g/mol. The second-order valence-corrected chi connectivity index (χ2v) is 4.56. The highest BCUT2D eigenvalue weighted by atomic mass is 32.1. The molecule has 1 aromatic heterocycles. The number of hydrogen-bond donors (Lipinski definition) is 1. The van der Waals surface area contributed by atoms with Crippen molar-refractivity contribution in [1.82, 2.24) is 10.2 Å². The van der Waals surface area contributed by atoms with E-state index < -0.39 is 0 Å².